The second-order valence-corrected chi connectivity index (χ2v) is 7.61. The number of aliphatic carboxylic acids is 1. The van der Waals surface area contributed by atoms with Crippen LogP contribution < -0.4 is 14.6 Å². The van der Waals surface area contributed by atoms with E-state index in [9.17, 15) is 9.90 Å². The molecule has 0 heterocycles. The minimum absolute atomic E-state index is 0.0383. The first-order chi connectivity index (χ1) is 15.1. The van der Waals surface area contributed by atoms with Crippen molar-refractivity contribution < 1.29 is 19.4 Å². The van der Waals surface area contributed by atoms with Gasteiger partial charge in [0.15, 0.2) is 0 Å². The number of hydrogen-bond acceptors (Lipinski definition) is 4. The van der Waals surface area contributed by atoms with Crippen molar-refractivity contribution >= 4 is 5.97 Å². The van der Waals surface area contributed by atoms with E-state index in [1.54, 1.807) is 0 Å². The first-order valence-electron chi connectivity index (χ1n) is 10.9. The van der Waals surface area contributed by atoms with Gasteiger partial charge in [0.1, 0.15) is 17.2 Å². The molecule has 3 aromatic rings. The molecule has 0 aliphatic rings. The van der Waals surface area contributed by atoms with Crippen molar-refractivity contribution in [3.05, 3.63) is 89.5 Å². The van der Waals surface area contributed by atoms with Crippen LogP contribution in [0.3, 0.4) is 0 Å². The largest absolute Gasteiger partial charge is 0.550 e. The normalized spacial score (nSPS) is 10.6. The standard InChI is InChI=1S/C27H30O4/c1-2-8-23-20-25(31-24-10-4-3-5-11-24)16-17-26(23)30-18-7-6-9-21-12-14-22(15-13-21)19-27(28)29/h3-5,10-17,20H,2,6-9,18-19H2,1H3,(H,28,29)/p-1. The Labute approximate surface area is 184 Å². The molecule has 0 unspecified atom stereocenters. The number of carboxylic acid groups (broad SMARTS) is 1. The van der Waals surface area contributed by atoms with E-state index in [2.05, 4.69) is 13.0 Å². The predicted molar refractivity (Wildman–Crippen MR) is 121 cm³/mol. The highest BCUT2D eigenvalue weighted by Crippen LogP contribution is 2.29. The lowest BCUT2D eigenvalue weighted by Crippen LogP contribution is -2.24. The summed E-state index contributed by atoms with van der Waals surface area (Å²) in [5.41, 5.74) is 3.14. The second-order valence-electron chi connectivity index (χ2n) is 7.61. The van der Waals surface area contributed by atoms with Gasteiger partial charge in [-0.3, -0.25) is 0 Å². The summed E-state index contributed by atoms with van der Waals surface area (Å²) in [6, 6.07) is 23.5. The zero-order valence-electron chi connectivity index (χ0n) is 18.0. The van der Waals surface area contributed by atoms with E-state index >= 15 is 0 Å². The van der Waals surface area contributed by atoms with Gasteiger partial charge in [0.25, 0.3) is 0 Å². The van der Waals surface area contributed by atoms with Crippen molar-refractivity contribution in [3.8, 4) is 17.2 Å². The van der Waals surface area contributed by atoms with E-state index in [1.165, 1.54) is 11.1 Å². The van der Waals surface area contributed by atoms with Crippen molar-refractivity contribution in [2.75, 3.05) is 6.61 Å². The van der Waals surface area contributed by atoms with Crippen LogP contribution in [0, 0.1) is 0 Å². The summed E-state index contributed by atoms with van der Waals surface area (Å²) in [4.78, 5) is 10.6. The Morgan fingerprint density at radius 3 is 2.29 bits per heavy atom. The lowest BCUT2D eigenvalue weighted by atomic mass is 10.0. The topological polar surface area (TPSA) is 58.6 Å². The van der Waals surface area contributed by atoms with Crippen LogP contribution in [0.5, 0.6) is 17.2 Å². The molecule has 0 bridgehead atoms. The van der Waals surface area contributed by atoms with Crippen molar-refractivity contribution in [3.63, 3.8) is 0 Å². The number of carbonyl (C=O) groups excluding carboxylic acids is 1. The third-order valence-corrected chi connectivity index (χ3v) is 5.02. The van der Waals surface area contributed by atoms with E-state index in [0.29, 0.717) is 6.61 Å². The van der Waals surface area contributed by atoms with Gasteiger partial charge >= 0.3 is 0 Å². The molecule has 162 valence electrons. The van der Waals surface area contributed by atoms with Gasteiger partial charge in [-0.25, -0.2) is 0 Å². The summed E-state index contributed by atoms with van der Waals surface area (Å²) in [5, 5.41) is 10.6. The van der Waals surface area contributed by atoms with Gasteiger partial charge in [-0.2, -0.15) is 0 Å². The number of benzene rings is 3. The maximum Gasteiger partial charge on any atom is 0.127 e. The van der Waals surface area contributed by atoms with E-state index in [-0.39, 0.29) is 6.42 Å². The molecule has 0 amide bonds. The average molecular weight is 418 g/mol. The lowest BCUT2D eigenvalue weighted by molar-refractivity contribution is -0.304. The SMILES string of the molecule is CCCc1cc(Oc2ccccc2)ccc1OCCCCc1ccc(CC(=O)[O-])cc1. The van der Waals surface area contributed by atoms with Crippen molar-refractivity contribution in [2.24, 2.45) is 0 Å². The van der Waals surface area contributed by atoms with E-state index in [4.69, 9.17) is 9.47 Å². The highest BCUT2D eigenvalue weighted by Gasteiger charge is 2.07. The summed E-state index contributed by atoms with van der Waals surface area (Å²) in [6.07, 6.45) is 4.86. The van der Waals surface area contributed by atoms with Crippen LogP contribution >= 0.6 is 0 Å². The number of ether oxygens (including phenoxy) is 2. The molecule has 0 N–H and O–H groups in total. The maximum atomic E-state index is 10.6. The summed E-state index contributed by atoms with van der Waals surface area (Å²) < 4.78 is 12.0. The third-order valence-electron chi connectivity index (χ3n) is 5.02. The molecule has 0 aromatic heterocycles. The Balaban J connectivity index is 1.47. The number of unbranched alkanes of at least 4 members (excludes halogenated alkanes) is 1. The smallest absolute Gasteiger partial charge is 0.127 e. The number of carboxylic acids is 1. The molecule has 3 aromatic carbocycles. The number of carbonyl (C=O) groups is 1. The van der Waals surface area contributed by atoms with E-state index in [0.717, 1.165) is 54.9 Å². The summed E-state index contributed by atoms with van der Waals surface area (Å²) >= 11 is 0. The van der Waals surface area contributed by atoms with Crippen molar-refractivity contribution in [1.29, 1.82) is 0 Å². The maximum absolute atomic E-state index is 10.6. The lowest BCUT2D eigenvalue weighted by Gasteiger charge is -2.13. The van der Waals surface area contributed by atoms with Gasteiger partial charge in [-0.1, -0.05) is 55.8 Å². The monoisotopic (exact) mass is 417 g/mol. The van der Waals surface area contributed by atoms with Crippen LogP contribution in [0.1, 0.15) is 42.9 Å². The van der Waals surface area contributed by atoms with Crippen LogP contribution in [0.15, 0.2) is 72.8 Å². The highest BCUT2D eigenvalue weighted by molar-refractivity contribution is 5.67. The minimum atomic E-state index is -1.05. The molecule has 4 nitrogen and oxygen atoms in total. The number of hydrogen-bond donors (Lipinski definition) is 0. The molecule has 0 spiro atoms. The van der Waals surface area contributed by atoms with Gasteiger partial charge in [0.2, 0.25) is 0 Å². The van der Waals surface area contributed by atoms with Crippen LogP contribution in [-0.4, -0.2) is 12.6 Å². The van der Waals surface area contributed by atoms with E-state index < -0.39 is 5.97 Å². The Morgan fingerprint density at radius 1 is 0.839 bits per heavy atom. The van der Waals surface area contributed by atoms with E-state index in [1.807, 2.05) is 66.7 Å². The first-order valence-corrected chi connectivity index (χ1v) is 10.9. The Kier molecular flexibility index (Phi) is 8.53. The highest BCUT2D eigenvalue weighted by atomic mass is 16.5. The Bertz CT molecular complexity index is 949. The van der Waals surface area contributed by atoms with Gasteiger partial charge in [0, 0.05) is 12.4 Å². The van der Waals surface area contributed by atoms with Gasteiger partial charge in [-0.15, -0.1) is 0 Å². The number of para-hydroxylation sites is 1. The van der Waals surface area contributed by atoms with Gasteiger partial charge in [0.05, 0.1) is 6.61 Å². The fourth-order valence-corrected chi connectivity index (χ4v) is 3.45. The molecule has 0 aliphatic heterocycles. The summed E-state index contributed by atoms with van der Waals surface area (Å²) in [6.45, 7) is 2.82. The molecule has 0 aliphatic carbocycles. The zero-order valence-corrected chi connectivity index (χ0v) is 18.0. The van der Waals surface area contributed by atoms with Crippen LogP contribution in [0.4, 0.5) is 0 Å². The quantitative estimate of drug-likeness (QED) is 0.384. The molecule has 31 heavy (non-hydrogen) atoms. The molecular formula is C27H29O4-. The fourth-order valence-electron chi connectivity index (χ4n) is 3.45. The second kappa shape index (κ2) is 11.8. The molecule has 4 heteroatoms. The predicted octanol–water partition coefficient (Wildman–Crippen LogP) is 5.13. The Hall–Kier alpha value is -3.27. The summed E-state index contributed by atoms with van der Waals surface area (Å²) in [7, 11) is 0. The van der Waals surface area contributed by atoms with Crippen LogP contribution in [-0.2, 0) is 24.1 Å². The zero-order chi connectivity index (χ0) is 21.9. The first kappa shape index (κ1) is 22.4. The summed E-state index contributed by atoms with van der Waals surface area (Å²) in [5.74, 6) is 1.52. The minimum Gasteiger partial charge on any atom is -0.550 e. The fraction of sp³-hybridized carbons (Fsp3) is 0.296. The average Bonchev–Trinajstić information content (AvgIpc) is 2.76. The molecule has 0 atom stereocenters. The molecule has 0 radical (unpaired) electrons. The molecule has 0 saturated heterocycles. The van der Waals surface area contributed by atoms with Crippen molar-refractivity contribution in [1.82, 2.24) is 0 Å². The van der Waals surface area contributed by atoms with Crippen LogP contribution in [0.25, 0.3) is 0 Å². The van der Waals surface area contributed by atoms with Crippen molar-refractivity contribution in [2.45, 2.75) is 45.4 Å². The number of aryl methyl sites for hydroxylation is 2. The molecule has 0 fully saturated rings. The molecule has 0 saturated carbocycles. The number of rotatable bonds is 12. The Morgan fingerprint density at radius 2 is 1.58 bits per heavy atom. The molecule has 3 rings (SSSR count). The molecular weight excluding hydrogens is 388 g/mol. The third kappa shape index (κ3) is 7.49. The van der Waals surface area contributed by atoms with Crippen LogP contribution in [0.2, 0.25) is 0 Å². The van der Waals surface area contributed by atoms with Gasteiger partial charge < -0.3 is 19.4 Å². The van der Waals surface area contributed by atoms with Gasteiger partial charge in [-0.05, 0) is 72.7 Å².